The van der Waals surface area contributed by atoms with Gasteiger partial charge in [-0.3, -0.25) is 0 Å². The van der Waals surface area contributed by atoms with Crippen LogP contribution in [0.4, 0.5) is 0 Å². The number of hydrogen-bond donors (Lipinski definition) is 1. The van der Waals surface area contributed by atoms with Gasteiger partial charge in [0, 0.05) is 11.3 Å². The van der Waals surface area contributed by atoms with E-state index in [2.05, 4.69) is 25.8 Å². The van der Waals surface area contributed by atoms with Crippen molar-refractivity contribution in [1.82, 2.24) is 4.98 Å². The molecule has 0 radical (unpaired) electrons. The van der Waals surface area contributed by atoms with Gasteiger partial charge >= 0.3 is 0 Å². The molecule has 19 heavy (non-hydrogen) atoms. The Morgan fingerprint density at radius 3 is 2.47 bits per heavy atom. The summed E-state index contributed by atoms with van der Waals surface area (Å²) in [6.45, 7) is 6.44. The van der Waals surface area contributed by atoms with E-state index in [1.165, 1.54) is 43.4 Å². The predicted octanol–water partition coefficient (Wildman–Crippen LogP) is 4.27. The summed E-state index contributed by atoms with van der Waals surface area (Å²) < 4.78 is 0. The lowest BCUT2D eigenvalue weighted by Crippen LogP contribution is -2.27. The first-order valence-corrected chi connectivity index (χ1v) is 8.52. The minimum atomic E-state index is -0.187. The number of hydrogen-bond acceptors (Lipinski definition) is 3. The standard InChI is InChI=1S/C16H27NOS/c1-4-5-13-6-8-14(9-7-13)15(18)10-16-17-11(2)12(3)19-16/h13-15,18H,4-10H2,1-3H3. The monoisotopic (exact) mass is 281 g/mol. The second-order valence-corrected chi connectivity index (χ2v) is 7.38. The molecule has 0 amide bonds. The first kappa shape index (κ1) is 15.0. The van der Waals surface area contributed by atoms with Crippen molar-refractivity contribution < 1.29 is 5.11 Å². The molecule has 2 nitrogen and oxygen atoms in total. The number of aliphatic hydroxyl groups is 1. The maximum Gasteiger partial charge on any atom is 0.0956 e. The lowest BCUT2D eigenvalue weighted by Gasteiger charge is -2.31. The third kappa shape index (κ3) is 4.03. The molecule has 1 N–H and O–H groups in total. The zero-order valence-electron chi connectivity index (χ0n) is 12.5. The first-order chi connectivity index (χ1) is 9.10. The first-order valence-electron chi connectivity index (χ1n) is 7.71. The van der Waals surface area contributed by atoms with E-state index in [4.69, 9.17) is 0 Å². The minimum Gasteiger partial charge on any atom is -0.392 e. The molecular weight excluding hydrogens is 254 g/mol. The van der Waals surface area contributed by atoms with Crippen LogP contribution in [-0.2, 0) is 6.42 Å². The molecule has 0 aromatic carbocycles. The van der Waals surface area contributed by atoms with Gasteiger partial charge in [0.2, 0.25) is 0 Å². The Labute approximate surface area is 121 Å². The van der Waals surface area contributed by atoms with Gasteiger partial charge in [-0.05, 0) is 38.5 Å². The van der Waals surface area contributed by atoms with Crippen LogP contribution < -0.4 is 0 Å². The van der Waals surface area contributed by atoms with Crippen LogP contribution in [0.25, 0.3) is 0 Å². The smallest absolute Gasteiger partial charge is 0.0956 e. The van der Waals surface area contributed by atoms with Crippen LogP contribution in [0.1, 0.15) is 61.0 Å². The lowest BCUT2D eigenvalue weighted by atomic mass is 9.77. The van der Waals surface area contributed by atoms with Crippen molar-refractivity contribution in [2.45, 2.75) is 71.8 Å². The molecule has 0 spiro atoms. The minimum absolute atomic E-state index is 0.187. The molecule has 1 fully saturated rings. The van der Waals surface area contributed by atoms with Gasteiger partial charge in [0.15, 0.2) is 0 Å². The van der Waals surface area contributed by atoms with E-state index in [1.54, 1.807) is 11.3 Å². The van der Waals surface area contributed by atoms with Gasteiger partial charge in [-0.2, -0.15) is 0 Å². The molecule has 1 unspecified atom stereocenters. The highest BCUT2D eigenvalue weighted by molar-refractivity contribution is 7.11. The average Bonchev–Trinajstić information content (AvgIpc) is 2.69. The zero-order valence-corrected chi connectivity index (χ0v) is 13.3. The van der Waals surface area contributed by atoms with E-state index in [9.17, 15) is 5.11 Å². The summed E-state index contributed by atoms with van der Waals surface area (Å²) >= 11 is 1.74. The van der Waals surface area contributed by atoms with E-state index >= 15 is 0 Å². The van der Waals surface area contributed by atoms with Crippen LogP contribution >= 0.6 is 11.3 Å². The molecule has 1 aromatic heterocycles. The van der Waals surface area contributed by atoms with E-state index in [-0.39, 0.29) is 6.10 Å². The van der Waals surface area contributed by atoms with Crippen LogP contribution in [-0.4, -0.2) is 16.2 Å². The van der Waals surface area contributed by atoms with Crippen molar-refractivity contribution in [1.29, 1.82) is 0 Å². The van der Waals surface area contributed by atoms with Crippen molar-refractivity contribution in [3.8, 4) is 0 Å². The molecular formula is C16H27NOS. The fraction of sp³-hybridized carbons (Fsp3) is 0.812. The number of nitrogens with zero attached hydrogens (tertiary/aromatic N) is 1. The quantitative estimate of drug-likeness (QED) is 0.874. The van der Waals surface area contributed by atoms with Gasteiger partial charge in [-0.25, -0.2) is 4.98 Å². The SMILES string of the molecule is CCCC1CCC(C(O)Cc2nc(C)c(C)s2)CC1. The molecule has 3 heteroatoms. The highest BCUT2D eigenvalue weighted by Crippen LogP contribution is 2.34. The van der Waals surface area contributed by atoms with E-state index in [1.807, 2.05) is 0 Å². The highest BCUT2D eigenvalue weighted by atomic mass is 32.1. The number of aromatic nitrogens is 1. The largest absolute Gasteiger partial charge is 0.392 e. The van der Waals surface area contributed by atoms with E-state index in [0.29, 0.717) is 5.92 Å². The number of aliphatic hydroxyl groups excluding tert-OH is 1. The molecule has 2 rings (SSSR count). The molecule has 1 saturated carbocycles. The third-order valence-corrected chi connectivity index (χ3v) is 5.68. The van der Waals surface area contributed by atoms with Crippen LogP contribution in [0, 0.1) is 25.7 Å². The normalized spacial score (nSPS) is 25.5. The highest BCUT2D eigenvalue weighted by Gasteiger charge is 2.26. The summed E-state index contributed by atoms with van der Waals surface area (Å²) in [4.78, 5) is 5.83. The second kappa shape index (κ2) is 6.85. The van der Waals surface area contributed by atoms with Gasteiger partial charge in [0.05, 0.1) is 16.8 Å². The van der Waals surface area contributed by atoms with Gasteiger partial charge in [-0.15, -0.1) is 11.3 Å². The third-order valence-electron chi connectivity index (χ3n) is 4.59. The molecule has 108 valence electrons. The van der Waals surface area contributed by atoms with Crippen molar-refractivity contribution in [2.24, 2.45) is 11.8 Å². The van der Waals surface area contributed by atoms with Gasteiger partial charge in [0.1, 0.15) is 0 Å². The Bertz CT molecular complexity index is 374. The summed E-state index contributed by atoms with van der Waals surface area (Å²) in [5.74, 6) is 1.41. The van der Waals surface area contributed by atoms with Crippen LogP contribution in [0.3, 0.4) is 0 Å². The summed E-state index contributed by atoms with van der Waals surface area (Å²) in [5.41, 5.74) is 1.12. The fourth-order valence-electron chi connectivity index (χ4n) is 3.24. The van der Waals surface area contributed by atoms with Crippen LogP contribution in [0.15, 0.2) is 0 Å². The Morgan fingerprint density at radius 2 is 1.95 bits per heavy atom. The lowest BCUT2D eigenvalue weighted by molar-refractivity contribution is 0.0727. The predicted molar refractivity (Wildman–Crippen MR) is 81.7 cm³/mol. The number of aryl methyl sites for hydroxylation is 2. The van der Waals surface area contributed by atoms with Crippen molar-refractivity contribution in [2.75, 3.05) is 0 Å². The molecule has 0 saturated heterocycles. The maximum absolute atomic E-state index is 10.4. The molecule has 1 aromatic rings. The number of thiazole rings is 1. The summed E-state index contributed by atoms with van der Waals surface area (Å²) in [5, 5.41) is 11.5. The Morgan fingerprint density at radius 1 is 1.26 bits per heavy atom. The zero-order chi connectivity index (χ0) is 13.8. The summed E-state index contributed by atoms with van der Waals surface area (Å²) in [7, 11) is 0. The van der Waals surface area contributed by atoms with Gasteiger partial charge in [0.25, 0.3) is 0 Å². The van der Waals surface area contributed by atoms with Crippen molar-refractivity contribution in [3.05, 3.63) is 15.6 Å². The number of rotatable bonds is 5. The molecule has 1 aliphatic carbocycles. The van der Waals surface area contributed by atoms with Crippen molar-refractivity contribution in [3.63, 3.8) is 0 Å². The molecule has 1 atom stereocenters. The van der Waals surface area contributed by atoms with Gasteiger partial charge in [-0.1, -0.05) is 32.6 Å². The maximum atomic E-state index is 10.4. The van der Waals surface area contributed by atoms with Crippen LogP contribution in [0.5, 0.6) is 0 Å². The van der Waals surface area contributed by atoms with Crippen molar-refractivity contribution >= 4 is 11.3 Å². The Hall–Kier alpha value is -0.410. The Kier molecular flexibility index (Phi) is 5.40. The van der Waals surface area contributed by atoms with E-state index in [0.717, 1.165) is 23.0 Å². The van der Waals surface area contributed by atoms with Crippen LogP contribution in [0.2, 0.25) is 0 Å². The molecule has 1 aliphatic rings. The molecule has 0 bridgehead atoms. The topological polar surface area (TPSA) is 33.1 Å². The summed E-state index contributed by atoms with van der Waals surface area (Å²) in [6, 6.07) is 0. The molecule has 0 aliphatic heterocycles. The second-order valence-electron chi connectivity index (χ2n) is 6.09. The summed E-state index contributed by atoms with van der Waals surface area (Å²) in [6.07, 6.45) is 8.26. The van der Waals surface area contributed by atoms with E-state index < -0.39 is 0 Å². The van der Waals surface area contributed by atoms with Gasteiger partial charge < -0.3 is 5.11 Å². The average molecular weight is 281 g/mol. The Balaban J connectivity index is 1.82. The fourth-order valence-corrected chi connectivity index (χ4v) is 4.23. The molecule has 1 heterocycles.